The largest absolute Gasteiger partial charge is 0.399 e. The van der Waals surface area contributed by atoms with E-state index >= 15 is 0 Å². The molecule has 0 atom stereocenters. The predicted octanol–water partition coefficient (Wildman–Crippen LogP) is 9.78. The van der Waals surface area contributed by atoms with Crippen LogP contribution in [0.3, 0.4) is 0 Å². The molecule has 6 nitrogen and oxygen atoms in total. The minimum absolute atomic E-state index is 0.0915. The zero-order valence-electron chi connectivity index (χ0n) is 29.2. The van der Waals surface area contributed by atoms with Crippen LogP contribution in [0, 0.1) is 18.2 Å². The molecule has 47 heavy (non-hydrogen) atoms. The van der Waals surface area contributed by atoms with Gasteiger partial charge in [-0.05, 0) is 84.2 Å². The van der Waals surface area contributed by atoms with E-state index in [-0.39, 0.29) is 17.7 Å². The molecule has 1 aromatic heterocycles. The molecule has 0 saturated carbocycles. The maximum absolute atomic E-state index is 13.4. The fraction of sp³-hybridized carbons (Fsp3) is 0.282. The first-order chi connectivity index (χ1) is 21.9. The molecule has 8 heteroatoms. The van der Waals surface area contributed by atoms with Crippen LogP contribution >= 0.6 is 11.3 Å². The molecule has 0 aliphatic carbocycles. The molecule has 0 aliphatic heterocycles. The molecule has 0 fully saturated rings. The predicted molar refractivity (Wildman–Crippen MR) is 205 cm³/mol. The van der Waals surface area contributed by atoms with Crippen molar-refractivity contribution in [3.05, 3.63) is 135 Å². The second-order valence-electron chi connectivity index (χ2n) is 12.1. The van der Waals surface area contributed by atoms with E-state index in [1.54, 1.807) is 23.5 Å². The standard InChI is InChI=1S/C11H14FN.C11H15N.C9H13NS.C8H11N3/c1-7(2)10-5-4-9(8(3)13)6-11(10)12;1-8(2)10-4-6-11(7-5-10)9(3)12;1-6(2)8-4-5-9(11-8)7(3)10;1-6-2-4-7(5-3-6)11-8(9)10/h4-7H,3,13H2,1-2H3;4-8H,3,12H2,1-2H3;4-6,10H,1-3H3;2-5H,1H3,(H4,9,10,11). The normalized spacial score (nSPS) is 10.1. The first-order valence-corrected chi connectivity index (χ1v) is 16.3. The van der Waals surface area contributed by atoms with Crippen LogP contribution in [0.15, 0.2) is 97.0 Å². The number of halogens is 1. The summed E-state index contributed by atoms with van der Waals surface area (Å²) in [5.74, 6) is 1.24. The fourth-order valence-corrected chi connectivity index (χ4v) is 4.83. The van der Waals surface area contributed by atoms with Gasteiger partial charge in [-0.1, -0.05) is 109 Å². The van der Waals surface area contributed by atoms with Crippen molar-refractivity contribution in [1.29, 1.82) is 5.41 Å². The van der Waals surface area contributed by atoms with Crippen molar-refractivity contribution in [3.8, 4) is 0 Å². The van der Waals surface area contributed by atoms with E-state index in [4.69, 9.17) is 28.3 Å². The molecular weight excluding hydrogens is 604 g/mol. The van der Waals surface area contributed by atoms with E-state index in [1.807, 2.05) is 70.2 Å². The van der Waals surface area contributed by atoms with E-state index in [1.165, 1.54) is 22.1 Å². The minimum Gasteiger partial charge on any atom is -0.399 e. The number of benzene rings is 3. The molecule has 0 spiro atoms. The first kappa shape index (κ1) is 40.3. The summed E-state index contributed by atoms with van der Waals surface area (Å²) in [5, 5.41) is 7.40. The molecule has 0 radical (unpaired) electrons. The number of hydrogen-bond donors (Lipinski definition) is 5. The molecular formula is C39H53FN6S. The summed E-state index contributed by atoms with van der Waals surface area (Å²) < 4.78 is 13.4. The number of nitrogens with one attached hydrogen (secondary N) is 1. The molecule has 4 aromatic rings. The summed E-state index contributed by atoms with van der Waals surface area (Å²) in [5.41, 5.74) is 28.8. The summed E-state index contributed by atoms with van der Waals surface area (Å²) in [6, 6.07) is 25.0. The summed E-state index contributed by atoms with van der Waals surface area (Å²) in [6.45, 7) is 23.7. The van der Waals surface area contributed by atoms with Crippen LogP contribution < -0.4 is 22.9 Å². The van der Waals surface area contributed by atoms with Crippen LogP contribution in [0.2, 0.25) is 0 Å². The van der Waals surface area contributed by atoms with Crippen molar-refractivity contribution < 1.29 is 4.39 Å². The number of rotatable bonds is 7. The maximum Gasteiger partial charge on any atom is 0.191 e. The highest BCUT2D eigenvalue weighted by atomic mass is 32.1. The molecule has 4 rings (SSSR count). The van der Waals surface area contributed by atoms with Crippen LogP contribution in [0.25, 0.3) is 11.4 Å². The minimum atomic E-state index is -0.209. The Kier molecular flexibility index (Phi) is 16.9. The molecule has 0 bridgehead atoms. The quantitative estimate of drug-likeness (QED) is 0.0997. The van der Waals surface area contributed by atoms with Crippen LogP contribution in [0.5, 0.6) is 0 Å². The molecule has 1 heterocycles. The van der Waals surface area contributed by atoms with E-state index in [9.17, 15) is 4.39 Å². The lowest BCUT2D eigenvalue weighted by Crippen LogP contribution is -2.21. The molecule has 0 amide bonds. The van der Waals surface area contributed by atoms with Gasteiger partial charge in [0.2, 0.25) is 0 Å². The van der Waals surface area contributed by atoms with Crippen LogP contribution in [0.4, 0.5) is 10.1 Å². The van der Waals surface area contributed by atoms with Crippen molar-refractivity contribution in [2.45, 2.75) is 73.1 Å². The van der Waals surface area contributed by atoms with Crippen LogP contribution in [-0.4, -0.2) is 11.7 Å². The molecule has 3 aromatic carbocycles. The summed E-state index contributed by atoms with van der Waals surface area (Å²) >= 11 is 1.72. The number of nitrogens with zero attached hydrogens (tertiary/aromatic N) is 1. The van der Waals surface area contributed by atoms with Gasteiger partial charge < -0.3 is 28.3 Å². The average molecular weight is 657 g/mol. The number of thiophene rings is 1. The van der Waals surface area contributed by atoms with Crippen molar-refractivity contribution in [1.82, 2.24) is 0 Å². The Labute approximate surface area is 285 Å². The van der Waals surface area contributed by atoms with Gasteiger partial charge in [-0.25, -0.2) is 9.38 Å². The SMILES string of the molecule is C=C(N)c1ccc(C(C)C)c(F)c1.C=C(N)c1ccc(C(C)C)cc1.CC(=N)c1ccc(C(C)C)s1.Cc1ccc(N=C(N)N)cc1. The first-order valence-electron chi connectivity index (χ1n) is 15.5. The Bertz CT molecular complexity index is 1610. The zero-order valence-corrected chi connectivity index (χ0v) is 30.0. The Balaban J connectivity index is 0.000000314. The zero-order chi connectivity index (χ0) is 35.8. The number of aryl methyl sites for hydroxylation is 1. The number of aliphatic imine (C=N–C) groups is 1. The van der Waals surface area contributed by atoms with Crippen molar-refractivity contribution in [2.24, 2.45) is 27.9 Å². The summed E-state index contributed by atoms with van der Waals surface area (Å²) in [7, 11) is 0. The lowest BCUT2D eigenvalue weighted by Gasteiger charge is -2.08. The van der Waals surface area contributed by atoms with E-state index in [2.05, 4.69) is 64.0 Å². The fourth-order valence-electron chi connectivity index (χ4n) is 3.91. The smallest absolute Gasteiger partial charge is 0.191 e. The number of nitrogens with two attached hydrogens (primary N) is 4. The van der Waals surface area contributed by atoms with Gasteiger partial charge in [0.15, 0.2) is 5.96 Å². The molecule has 0 unspecified atom stereocenters. The van der Waals surface area contributed by atoms with Gasteiger partial charge in [0, 0.05) is 26.9 Å². The van der Waals surface area contributed by atoms with E-state index < -0.39 is 0 Å². The van der Waals surface area contributed by atoms with Gasteiger partial charge in [-0.2, -0.15) is 0 Å². The molecule has 0 saturated heterocycles. The topological polar surface area (TPSA) is 140 Å². The third-order valence-electron chi connectivity index (χ3n) is 6.80. The Morgan fingerprint density at radius 2 is 1.26 bits per heavy atom. The van der Waals surface area contributed by atoms with Gasteiger partial charge in [0.05, 0.1) is 5.69 Å². The van der Waals surface area contributed by atoms with Crippen molar-refractivity contribution in [2.75, 3.05) is 0 Å². The highest BCUT2D eigenvalue weighted by molar-refractivity contribution is 7.14. The third kappa shape index (κ3) is 15.0. The summed E-state index contributed by atoms with van der Waals surface area (Å²) in [4.78, 5) is 6.33. The Morgan fingerprint density at radius 3 is 1.62 bits per heavy atom. The van der Waals surface area contributed by atoms with Gasteiger partial charge in [-0.3, -0.25) is 0 Å². The number of guanidine groups is 1. The molecule has 252 valence electrons. The second-order valence-corrected chi connectivity index (χ2v) is 13.2. The second kappa shape index (κ2) is 19.7. The lowest BCUT2D eigenvalue weighted by atomic mass is 10.0. The van der Waals surface area contributed by atoms with Gasteiger partial charge >= 0.3 is 0 Å². The maximum atomic E-state index is 13.4. The van der Waals surface area contributed by atoms with Crippen LogP contribution in [-0.2, 0) is 0 Å². The Hall–Kier alpha value is -4.69. The van der Waals surface area contributed by atoms with E-state index in [0.717, 1.165) is 16.1 Å². The van der Waals surface area contributed by atoms with Crippen molar-refractivity contribution >= 4 is 40.1 Å². The number of hydrogen-bond acceptors (Lipinski definition) is 5. The lowest BCUT2D eigenvalue weighted by molar-refractivity contribution is 0.598. The Morgan fingerprint density at radius 1 is 0.723 bits per heavy atom. The van der Waals surface area contributed by atoms with E-state index in [0.29, 0.717) is 40.1 Å². The molecule has 0 aliphatic rings. The van der Waals surface area contributed by atoms with Gasteiger partial charge in [0.25, 0.3) is 0 Å². The average Bonchev–Trinajstić information content (AvgIpc) is 3.50. The van der Waals surface area contributed by atoms with Gasteiger partial charge in [-0.15, -0.1) is 11.3 Å². The monoisotopic (exact) mass is 656 g/mol. The van der Waals surface area contributed by atoms with Gasteiger partial charge in [0.1, 0.15) is 5.82 Å². The molecule has 9 N–H and O–H groups in total. The highest BCUT2D eigenvalue weighted by Crippen LogP contribution is 2.24. The highest BCUT2D eigenvalue weighted by Gasteiger charge is 2.07. The van der Waals surface area contributed by atoms with Crippen molar-refractivity contribution in [3.63, 3.8) is 0 Å². The van der Waals surface area contributed by atoms with Crippen LogP contribution in [0.1, 0.15) is 104 Å². The third-order valence-corrected chi connectivity index (χ3v) is 8.30. The summed E-state index contributed by atoms with van der Waals surface area (Å²) in [6.07, 6.45) is 0.